The summed E-state index contributed by atoms with van der Waals surface area (Å²) in [5.41, 5.74) is 6.97. The van der Waals surface area contributed by atoms with E-state index in [4.69, 9.17) is 5.73 Å². The first-order valence-corrected chi connectivity index (χ1v) is 7.14. The van der Waals surface area contributed by atoms with Gasteiger partial charge in [0.1, 0.15) is 5.82 Å². The molecule has 1 aromatic rings. The van der Waals surface area contributed by atoms with Gasteiger partial charge < -0.3 is 10.6 Å². The quantitative estimate of drug-likeness (QED) is 0.782. The van der Waals surface area contributed by atoms with Crippen LogP contribution in [0.2, 0.25) is 0 Å². The third kappa shape index (κ3) is 6.69. The zero-order valence-corrected chi connectivity index (χ0v) is 12.4. The molecule has 0 aliphatic heterocycles. The molecule has 0 aliphatic rings. The summed E-state index contributed by atoms with van der Waals surface area (Å²) >= 11 is 0. The first kappa shape index (κ1) is 16.1. The Morgan fingerprint density at radius 2 is 1.84 bits per heavy atom. The second-order valence-corrected chi connectivity index (χ2v) is 5.88. The van der Waals surface area contributed by atoms with Crippen LogP contribution in [-0.2, 0) is 6.54 Å². The van der Waals surface area contributed by atoms with Crippen molar-refractivity contribution in [1.82, 2.24) is 4.90 Å². The zero-order valence-electron chi connectivity index (χ0n) is 12.4. The maximum Gasteiger partial charge on any atom is 0.123 e. The van der Waals surface area contributed by atoms with Crippen molar-refractivity contribution in [3.05, 3.63) is 35.6 Å². The number of rotatable bonds is 8. The van der Waals surface area contributed by atoms with Gasteiger partial charge in [-0.25, -0.2) is 4.39 Å². The Hall–Kier alpha value is -0.930. The van der Waals surface area contributed by atoms with Crippen LogP contribution in [0.1, 0.15) is 32.3 Å². The summed E-state index contributed by atoms with van der Waals surface area (Å²) in [5, 5.41) is 0. The Morgan fingerprint density at radius 1 is 1.21 bits per heavy atom. The highest BCUT2D eigenvalue weighted by Gasteiger charge is 2.10. The average molecular weight is 266 g/mol. The van der Waals surface area contributed by atoms with E-state index in [1.807, 2.05) is 12.1 Å². The Balaban J connectivity index is 2.34. The van der Waals surface area contributed by atoms with Gasteiger partial charge in [-0.05, 0) is 62.5 Å². The highest BCUT2D eigenvalue weighted by molar-refractivity contribution is 5.15. The predicted octanol–water partition coefficient (Wildman–Crippen LogP) is 3.27. The summed E-state index contributed by atoms with van der Waals surface area (Å²) in [6, 6.07) is 6.73. The first-order valence-electron chi connectivity index (χ1n) is 7.14. The lowest BCUT2D eigenvalue weighted by Gasteiger charge is -2.22. The molecule has 3 heteroatoms. The van der Waals surface area contributed by atoms with Crippen LogP contribution < -0.4 is 5.73 Å². The van der Waals surface area contributed by atoms with E-state index in [9.17, 15) is 4.39 Å². The average Bonchev–Trinajstić information content (AvgIpc) is 2.37. The third-order valence-electron chi connectivity index (χ3n) is 3.42. The summed E-state index contributed by atoms with van der Waals surface area (Å²) in [7, 11) is 2.10. The Kier molecular flexibility index (Phi) is 7.03. The predicted molar refractivity (Wildman–Crippen MR) is 79.4 cm³/mol. The minimum absolute atomic E-state index is 0.175. The van der Waals surface area contributed by atoms with Crippen LogP contribution >= 0.6 is 0 Å². The van der Waals surface area contributed by atoms with Crippen molar-refractivity contribution in [2.24, 2.45) is 17.6 Å². The van der Waals surface area contributed by atoms with Gasteiger partial charge in [0.15, 0.2) is 0 Å². The van der Waals surface area contributed by atoms with E-state index >= 15 is 0 Å². The van der Waals surface area contributed by atoms with Crippen molar-refractivity contribution in [2.75, 3.05) is 20.1 Å². The van der Waals surface area contributed by atoms with E-state index in [0.29, 0.717) is 11.8 Å². The Labute approximate surface area is 116 Å². The molecule has 19 heavy (non-hydrogen) atoms. The molecule has 1 rings (SSSR count). The minimum atomic E-state index is -0.175. The Bertz CT molecular complexity index is 348. The number of hydrogen-bond donors (Lipinski definition) is 1. The van der Waals surface area contributed by atoms with Gasteiger partial charge >= 0.3 is 0 Å². The highest BCUT2D eigenvalue weighted by Crippen LogP contribution is 2.15. The summed E-state index contributed by atoms with van der Waals surface area (Å²) < 4.78 is 12.8. The van der Waals surface area contributed by atoms with Crippen molar-refractivity contribution in [1.29, 1.82) is 0 Å². The third-order valence-corrected chi connectivity index (χ3v) is 3.42. The fraction of sp³-hybridized carbons (Fsp3) is 0.625. The molecule has 1 aromatic carbocycles. The lowest BCUT2D eigenvalue weighted by Crippen LogP contribution is -2.25. The van der Waals surface area contributed by atoms with Gasteiger partial charge in [0.05, 0.1) is 0 Å². The summed E-state index contributed by atoms with van der Waals surface area (Å²) in [6.45, 7) is 7.14. The maximum absolute atomic E-state index is 12.8. The van der Waals surface area contributed by atoms with Crippen LogP contribution in [0, 0.1) is 17.7 Å². The fourth-order valence-corrected chi connectivity index (χ4v) is 2.38. The molecule has 2 nitrogen and oxygen atoms in total. The maximum atomic E-state index is 12.8. The van der Waals surface area contributed by atoms with Crippen molar-refractivity contribution in [3.63, 3.8) is 0 Å². The van der Waals surface area contributed by atoms with E-state index in [1.165, 1.54) is 18.6 Å². The summed E-state index contributed by atoms with van der Waals surface area (Å²) in [6.07, 6.45) is 2.33. The van der Waals surface area contributed by atoms with Crippen molar-refractivity contribution in [3.8, 4) is 0 Å². The number of nitrogens with two attached hydrogens (primary N) is 1. The van der Waals surface area contributed by atoms with Gasteiger partial charge in [-0.2, -0.15) is 0 Å². The first-order chi connectivity index (χ1) is 9.01. The van der Waals surface area contributed by atoms with Crippen molar-refractivity contribution >= 4 is 0 Å². The lowest BCUT2D eigenvalue weighted by atomic mass is 9.94. The second-order valence-electron chi connectivity index (χ2n) is 5.88. The van der Waals surface area contributed by atoms with Crippen molar-refractivity contribution < 1.29 is 4.39 Å². The molecule has 0 spiro atoms. The van der Waals surface area contributed by atoms with Crippen LogP contribution in [0.3, 0.4) is 0 Å². The number of halogens is 1. The monoisotopic (exact) mass is 266 g/mol. The van der Waals surface area contributed by atoms with E-state index in [1.54, 1.807) is 0 Å². The lowest BCUT2D eigenvalue weighted by molar-refractivity contribution is 0.278. The van der Waals surface area contributed by atoms with Crippen LogP contribution in [0.25, 0.3) is 0 Å². The van der Waals surface area contributed by atoms with Gasteiger partial charge in [0.2, 0.25) is 0 Å². The van der Waals surface area contributed by atoms with Crippen LogP contribution in [-0.4, -0.2) is 25.0 Å². The molecule has 1 unspecified atom stereocenters. The second kappa shape index (κ2) is 8.28. The van der Waals surface area contributed by atoms with Crippen LogP contribution in [0.15, 0.2) is 24.3 Å². The topological polar surface area (TPSA) is 29.3 Å². The highest BCUT2D eigenvalue weighted by atomic mass is 19.1. The molecule has 0 amide bonds. The number of hydrogen-bond acceptors (Lipinski definition) is 2. The molecule has 0 radical (unpaired) electrons. The molecule has 0 fully saturated rings. The van der Waals surface area contributed by atoms with Gasteiger partial charge in [-0.1, -0.05) is 26.0 Å². The van der Waals surface area contributed by atoms with E-state index in [2.05, 4.69) is 25.8 Å². The number of nitrogens with zero attached hydrogens (tertiary/aromatic N) is 1. The molecule has 108 valence electrons. The molecular weight excluding hydrogens is 239 g/mol. The zero-order chi connectivity index (χ0) is 14.3. The molecule has 0 saturated heterocycles. The fourth-order valence-electron chi connectivity index (χ4n) is 2.38. The number of benzene rings is 1. The van der Waals surface area contributed by atoms with E-state index in [-0.39, 0.29) is 5.82 Å². The molecule has 1 atom stereocenters. The molecule has 0 heterocycles. The summed E-state index contributed by atoms with van der Waals surface area (Å²) in [5.74, 6) is 1.14. The van der Waals surface area contributed by atoms with E-state index < -0.39 is 0 Å². The summed E-state index contributed by atoms with van der Waals surface area (Å²) in [4.78, 5) is 2.27. The van der Waals surface area contributed by atoms with Crippen molar-refractivity contribution in [2.45, 2.75) is 33.2 Å². The SMILES string of the molecule is CC(C)CC(CN)CCN(C)Cc1ccc(F)cc1. The van der Waals surface area contributed by atoms with Gasteiger partial charge in [-0.15, -0.1) is 0 Å². The van der Waals surface area contributed by atoms with Gasteiger partial charge in [0.25, 0.3) is 0 Å². The largest absolute Gasteiger partial charge is 0.330 e. The Morgan fingerprint density at radius 3 is 2.37 bits per heavy atom. The van der Waals surface area contributed by atoms with E-state index in [0.717, 1.165) is 31.6 Å². The molecule has 2 N–H and O–H groups in total. The van der Waals surface area contributed by atoms with Gasteiger partial charge in [-0.3, -0.25) is 0 Å². The molecular formula is C16H27FN2. The van der Waals surface area contributed by atoms with Gasteiger partial charge in [0, 0.05) is 6.54 Å². The van der Waals surface area contributed by atoms with Crippen LogP contribution in [0.4, 0.5) is 4.39 Å². The standard InChI is InChI=1S/C16H27FN2/c1-13(2)10-15(11-18)8-9-19(3)12-14-4-6-16(17)7-5-14/h4-7,13,15H,8-12,18H2,1-3H3. The normalized spacial score (nSPS) is 13.2. The molecule has 0 aromatic heterocycles. The molecule has 0 saturated carbocycles. The minimum Gasteiger partial charge on any atom is -0.330 e. The smallest absolute Gasteiger partial charge is 0.123 e. The molecule has 0 bridgehead atoms. The molecule has 0 aliphatic carbocycles. The van der Waals surface area contributed by atoms with Crippen LogP contribution in [0.5, 0.6) is 0 Å².